The van der Waals surface area contributed by atoms with E-state index in [0.29, 0.717) is 0 Å². The predicted molar refractivity (Wildman–Crippen MR) is 99.6 cm³/mol. The summed E-state index contributed by atoms with van der Waals surface area (Å²) >= 11 is 0.922. The van der Waals surface area contributed by atoms with Crippen molar-refractivity contribution in [3.63, 3.8) is 0 Å². The molecule has 0 unspecified atom stereocenters. The summed E-state index contributed by atoms with van der Waals surface area (Å²) in [7, 11) is -4.76. The number of oxime groups is 1. The second-order valence-electron chi connectivity index (χ2n) is 6.09. The minimum absolute atomic E-state index is 0.0363. The smallest absolute Gasteiger partial charge is 0.350 e. The number of thiazole rings is 1. The normalized spacial score (nSPS) is 14.7. The molecule has 0 saturated heterocycles. The van der Waals surface area contributed by atoms with Crippen LogP contribution >= 0.6 is 11.3 Å². The first-order valence-corrected chi connectivity index (χ1v) is 9.95. The Labute approximate surface area is 168 Å². The number of amides is 1. The number of aromatic nitrogens is 1. The summed E-state index contributed by atoms with van der Waals surface area (Å²) in [6, 6.07) is -3.30. The molecule has 0 aromatic carbocycles. The van der Waals surface area contributed by atoms with Crippen molar-refractivity contribution in [3.05, 3.63) is 11.1 Å². The summed E-state index contributed by atoms with van der Waals surface area (Å²) in [5.74, 6) is -4.20. The van der Waals surface area contributed by atoms with Gasteiger partial charge >= 0.3 is 22.2 Å². The number of nitrogens with two attached hydrogens (primary N) is 1. The lowest BCUT2D eigenvalue weighted by Gasteiger charge is -2.21. The van der Waals surface area contributed by atoms with Crippen LogP contribution < -0.4 is 15.8 Å². The van der Waals surface area contributed by atoms with Crippen molar-refractivity contribution in [3.8, 4) is 0 Å². The van der Waals surface area contributed by atoms with Crippen molar-refractivity contribution >= 4 is 50.3 Å². The van der Waals surface area contributed by atoms with Crippen LogP contribution in [0.15, 0.2) is 10.5 Å². The molecule has 1 amide bonds. The topological polar surface area (TPSA) is 231 Å². The fraction of sp³-hybridized carbons (Fsp3) is 0.462. The lowest BCUT2D eigenvalue weighted by molar-refractivity contribution is -0.161. The zero-order valence-electron chi connectivity index (χ0n) is 15.3. The Balaban J connectivity index is 3.22. The molecule has 0 aliphatic carbocycles. The van der Waals surface area contributed by atoms with Gasteiger partial charge in [-0.1, -0.05) is 5.16 Å². The summed E-state index contributed by atoms with van der Waals surface area (Å²) in [6.07, 6.45) is 0. The molecule has 1 aromatic heterocycles. The van der Waals surface area contributed by atoms with Crippen LogP contribution in [0.3, 0.4) is 0 Å². The maximum atomic E-state index is 12.6. The number of carbonyl (C=O) groups excluding carboxylic acids is 1. The van der Waals surface area contributed by atoms with Gasteiger partial charge in [0.1, 0.15) is 11.7 Å². The molecule has 162 valence electrons. The molecule has 2 atom stereocenters. The van der Waals surface area contributed by atoms with Gasteiger partial charge in [-0.05, 0) is 20.8 Å². The van der Waals surface area contributed by atoms with Crippen LogP contribution in [-0.4, -0.2) is 69.4 Å². The first-order valence-electron chi connectivity index (χ1n) is 7.63. The van der Waals surface area contributed by atoms with E-state index in [4.69, 9.17) is 20.2 Å². The van der Waals surface area contributed by atoms with Crippen LogP contribution in [0.5, 0.6) is 0 Å². The van der Waals surface area contributed by atoms with Crippen LogP contribution in [0.2, 0.25) is 0 Å². The number of nitrogens with one attached hydrogen (secondary N) is 2. The Morgan fingerprint density at radius 2 is 1.93 bits per heavy atom. The molecule has 1 rings (SSSR count). The van der Waals surface area contributed by atoms with Crippen molar-refractivity contribution in [2.24, 2.45) is 5.16 Å². The molecule has 16 heteroatoms. The van der Waals surface area contributed by atoms with Gasteiger partial charge in [-0.2, -0.15) is 13.1 Å². The maximum absolute atomic E-state index is 12.6. The molecule has 0 aliphatic rings. The largest absolute Gasteiger partial charge is 0.480 e. The molecule has 0 radical (unpaired) electrons. The van der Waals surface area contributed by atoms with Gasteiger partial charge in [0.2, 0.25) is 5.60 Å². The molecule has 14 nitrogen and oxygen atoms in total. The van der Waals surface area contributed by atoms with Crippen molar-refractivity contribution in [1.82, 2.24) is 15.0 Å². The number of anilines is 1. The Morgan fingerprint density at radius 1 is 1.34 bits per heavy atom. The van der Waals surface area contributed by atoms with Gasteiger partial charge in [0.25, 0.3) is 5.91 Å². The number of nitrogen functional groups attached to an aromatic ring is 1. The second-order valence-corrected chi connectivity index (χ2v) is 8.16. The first-order chi connectivity index (χ1) is 13.1. The number of rotatable bonds is 10. The minimum Gasteiger partial charge on any atom is -0.480 e. The zero-order chi connectivity index (χ0) is 22.6. The average molecular weight is 453 g/mol. The number of carboxylic acids is 2. The van der Waals surface area contributed by atoms with Gasteiger partial charge in [-0.25, -0.2) is 14.6 Å². The van der Waals surface area contributed by atoms with Gasteiger partial charge in [0, 0.05) is 5.38 Å². The standard InChI is InChI=1S/C13H19N5O9S2/c1-5(18-29(24,25)26)7(10(20)21)16-9(19)8(6-4-28-12(14)15-6)17-27-13(2,3)11(22)23/h4-5,7,18H,1-3H3,(H2,14,15)(H,16,19)(H,20,21)(H,22,23)(H,24,25,26)/b17-8-/t5-,7+/m0/s1. The molecule has 1 aromatic rings. The van der Waals surface area contributed by atoms with Crippen LogP contribution in [-0.2, 0) is 29.5 Å². The Hall–Kier alpha value is -2.82. The fourth-order valence-corrected chi connectivity index (χ4v) is 2.87. The second kappa shape index (κ2) is 9.12. The van der Waals surface area contributed by atoms with E-state index in [1.165, 1.54) is 5.38 Å². The predicted octanol–water partition coefficient (Wildman–Crippen LogP) is -1.34. The lowest BCUT2D eigenvalue weighted by atomic mass is 10.1. The number of nitrogens with zero attached hydrogens (tertiary/aromatic N) is 2. The van der Waals surface area contributed by atoms with E-state index in [1.54, 1.807) is 4.72 Å². The van der Waals surface area contributed by atoms with Crippen LogP contribution in [0.25, 0.3) is 0 Å². The highest BCUT2D eigenvalue weighted by Crippen LogP contribution is 2.15. The molecule has 7 N–H and O–H groups in total. The van der Waals surface area contributed by atoms with E-state index in [-0.39, 0.29) is 10.8 Å². The highest BCUT2D eigenvalue weighted by Gasteiger charge is 2.33. The average Bonchev–Trinajstić information content (AvgIpc) is 2.96. The van der Waals surface area contributed by atoms with E-state index in [0.717, 1.165) is 32.1 Å². The van der Waals surface area contributed by atoms with E-state index >= 15 is 0 Å². The van der Waals surface area contributed by atoms with Crippen LogP contribution in [0.4, 0.5) is 5.13 Å². The number of hydrogen-bond donors (Lipinski definition) is 6. The Kier molecular flexibility index (Phi) is 7.62. The van der Waals surface area contributed by atoms with Gasteiger partial charge in [0.05, 0.1) is 6.04 Å². The molecule has 0 fully saturated rings. The number of carbonyl (C=O) groups is 3. The third kappa shape index (κ3) is 7.26. The number of aliphatic carboxylic acids is 2. The monoisotopic (exact) mass is 453 g/mol. The molecular formula is C13H19N5O9S2. The van der Waals surface area contributed by atoms with E-state index in [9.17, 15) is 27.9 Å². The SMILES string of the molecule is C[C@H](NS(=O)(=O)O)[C@@H](NC(=O)/C(=N\OC(C)(C)C(=O)O)c1csc(N)n1)C(=O)O. The molecule has 0 aliphatic heterocycles. The zero-order valence-corrected chi connectivity index (χ0v) is 16.9. The van der Waals surface area contributed by atoms with Crippen molar-refractivity contribution in [2.45, 2.75) is 38.5 Å². The number of hydrogen-bond acceptors (Lipinski definition) is 10. The first kappa shape index (κ1) is 24.2. The molecule has 1 heterocycles. The van der Waals surface area contributed by atoms with Crippen LogP contribution in [0, 0.1) is 0 Å². The number of carboxylic acid groups (broad SMARTS) is 2. The fourth-order valence-electron chi connectivity index (χ4n) is 1.71. The molecule has 29 heavy (non-hydrogen) atoms. The lowest BCUT2D eigenvalue weighted by Crippen LogP contribution is -2.55. The highest BCUT2D eigenvalue weighted by molar-refractivity contribution is 7.83. The van der Waals surface area contributed by atoms with E-state index < -0.39 is 51.5 Å². The maximum Gasteiger partial charge on any atom is 0.350 e. The Morgan fingerprint density at radius 3 is 2.34 bits per heavy atom. The summed E-state index contributed by atoms with van der Waals surface area (Å²) in [6.45, 7) is 3.39. The van der Waals surface area contributed by atoms with E-state index in [1.807, 2.05) is 5.32 Å². The van der Waals surface area contributed by atoms with Gasteiger partial charge in [-0.3, -0.25) is 9.35 Å². The van der Waals surface area contributed by atoms with Gasteiger partial charge < -0.3 is 26.1 Å². The molecule has 0 saturated carbocycles. The minimum atomic E-state index is -4.76. The van der Waals surface area contributed by atoms with Crippen molar-refractivity contribution in [2.75, 3.05) is 5.73 Å². The van der Waals surface area contributed by atoms with Crippen molar-refractivity contribution in [1.29, 1.82) is 0 Å². The molecular weight excluding hydrogens is 434 g/mol. The van der Waals surface area contributed by atoms with Gasteiger partial charge in [-0.15, -0.1) is 11.3 Å². The summed E-state index contributed by atoms with van der Waals surface area (Å²) in [5.41, 5.74) is 2.93. The van der Waals surface area contributed by atoms with Crippen LogP contribution in [0.1, 0.15) is 26.5 Å². The highest BCUT2D eigenvalue weighted by atomic mass is 32.2. The summed E-state index contributed by atoms with van der Waals surface area (Å²) in [5, 5.41) is 25.1. The molecule has 0 spiro atoms. The summed E-state index contributed by atoms with van der Waals surface area (Å²) in [4.78, 5) is 43.8. The third-order valence-electron chi connectivity index (χ3n) is 3.25. The molecule has 0 bridgehead atoms. The third-order valence-corrected chi connectivity index (χ3v) is 4.59. The quantitative estimate of drug-likeness (QED) is 0.138. The summed E-state index contributed by atoms with van der Waals surface area (Å²) < 4.78 is 32.2. The van der Waals surface area contributed by atoms with Gasteiger partial charge in [0.15, 0.2) is 10.8 Å². The van der Waals surface area contributed by atoms with E-state index in [2.05, 4.69) is 10.1 Å². The Bertz CT molecular complexity index is 925. The van der Waals surface area contributed by atoms with Crippen molar-refractivity contribution < 1.29 is 42.4 Å².